The largest absolute Gasteiger partial charge is 0.296 e. The Kier molecular flexibility index (Phi) is 4.33. The Morgan fingerprint density at radius 2 is 1.43 bits per heavy atom. The average Bonchev–Trinajstić information content (AvgIpc) is 3.01. The fraction of sp³-hybridized carbons (Fsp3) is 0.211. The van der Waals surface area contributed by atoms with E-state index < -0.39 is 0 Å². The third-order valence-corrected chi connectivity index (χ3v) is 3.90. The summed E-state index contributed by atoms with van der Waals surface area (Å²) in [4.78, 5) is 11.5. The van der Waals surface area contributed by atoms with Crippen LogP contribution in [0.2, 0.25) is 0 Å². The first-order valence-corrected chi connectivity index (χ1v) is 7.72. The second-order valence-corrected chi connectivity index (χ2v) is 5.77. The molecule has 2 aromatic carbocycles. The molecule has 0 N–H and O–H groups in total. The van der Waals surface area contributed by atoms with Gasteiger partial charge in [-0.1, -0.05) is 65.9 Å². The van der Waals surface area contributed by atoms with Gasteiger partial charge in [0.15, 0.2) is 6.29 Å². The number of aromatic nitrogens is 3. The Balaban J connectivity index is 2.25. The van der Waals surface area contributed by atoms with Crippen molar-refractivity contribution in [1.29, 1.82) is 0 Å². The van der Waals surface area contributed by atoms with Gasteiger partial charge in [-0.25, -0.2) is 4.68 Å². The lowest BCUT2D eigenvalue weighted by atomic mass is 9.87. The number of carbonyl (C=O) groups excluding carboxylic acids is 1. The average molecular weight is 305 g/mol. The molecule has 0 saturated carbocycles. The Hall–Kier alpha value is -2.75. The van der Waals surface area contributed by atoms with Crippen LogP contribution in [0.5, 0.6) is 0 Å². The van der Waals surface area contributed by atoms with Crippen molar-refractivity contribution in [3.63, 3.8) is 0 Å². The zero-order valence-electron chi connectivity index (χ0n) is 13.3. The molecule has 4 nitrogen and oxygen atoms in total. The van der Waals surface area contributed by atoms with Crippen molar-refractivity contribution in [3.05, 3.63) is 83.2 Å². The Labute approximate surface area is 135 Å². The van der Waals surface area contributed by atoms with E-state index in [1.807, 2.05) is 54.9 Å². The van der Waals surface area contributed by atoms with Crippen LogP contribution in [0.3, 0.4) is 0 Å². The maximum absolute atomic E-state index is 11.5. The Morgan fingerprint density at radius 1 is 0.913 bits per heavy atom. The van der Waals surface area contributed by atoms with E-state index in [1.54, 1.807) is 0 Å². The number of rotatable bonds is 5. The second-order valence-electron chi connectivity index (χ2n) is 5.77. The van der Waals surface area contributed by atoms with Crippen LogP contribution in [0, 0.1) is 0 Å². The van der Waals surface area contributed by atoms with Gasteiger partial charge in [0.05, 0.1) is 11.6 Å². The van der Waals surface area contributed by atoms with Crippen molar-refractivity contribution < 1.29 is 4.79 Å². The molecule has 0 aliphatic carbocycles. The van der Waals surface area contributed by atoms with Crippen LogP contribution in [-0.2, 0) is 0 Å². The summed E-state index contributed by atoms with van der Waals surface area (Å²) in [7, 11) is 0. The molecule has 0 fully saturated rings. The van der Waals surface area contributed by atoms with Crippen LogP contribution in [0.15, 0.2) is 60.7 Å². The molecule has 3 rings (SSSR count). The molecule has 0 unspecified atom stereocenters. The van der Waals surface area contributed by atoms with E-state index in [-0.39, 0.29) is 12.0 Å². The van der Waals surface area contributed by atoms with Gasteiger partial charge < -0.3 is 0 Å². The van der Waals surface area contributed by atoms with Crippen LogP contribution >= 0.6 is 0 Å². The van der Waals surface area contributed by atoms with Gasteiger partial charge in [0, 0.05) is 6.04 Å². The third kappa shape index (κ3) is 2.93. The van der Waals surface area contributed by atoms with Crippen LogP contribution < -0.4 is 0 Å². The smallest absolute Gasteiger partial charge is 0.172 e. The van der Waals surface area contributed by atoms with Crippen LogP contribution in [0.1, 0.15) is 53.1 Å². The molecule has 4 heteroatoms. The Morgan fingerprint density at radius 3 is 1.87 bits per heavy atom. The quantitative estimate of drug-likeness (QED) is 0.673. The first kappa shape index (κ1) is 15.2. The molecule has 0 aliphatic heterocycles. The van der Waals surface area contributed by atoms with Gasteiger partial charge in [0.2, 0.25) is 0 Å². The molecule has 0 atom stereocenters. The maximum atomic E-state index is 11.5. The molecule has 0 aliphatic rings. The van der Waals surface area contributed by atoms with E-state index in [0.29, 0.717) is 5.69 Å². The summed E-state index contributed by atoms with van der Waals surface area (Å²) in [5.74, 6) is -0.0741. The number of carbonyl (C=O) groups is 1. The number of hydrogen-bond donors (Lipinski definition) is 0. The summed E-state index contributed by atoms with van der Waals surface area (Å²) >= 11 is 0. The molecule has 1 heterocycles. The van der Waals surface area contributed by atoms with Crippen molar-refractivity contribution in [1.82, 2.24) is 15.0 Å². The summed E-state index contributed by atoms with van der Waals surface area (Å²) in [6.45, 7) is 4.08. The molecular weight excluding hydrogens is 286 g/mol. The molecule has 0 spiro atoms. The van der Waals surface area contributed by atoms with Gasteiger partial charge in [0.25, 0.3) is 0 Å². The number of aldehydes is 1. The van der Waals surface area contributed by atoms with Gasteiger partial charge in [0.1, 0.15) is 5.69 Å². The van der Waals surface area contributed by atoms with E-state index >= 15 is 0 Å². The molecule has 0 amide bonds. The summed E-state index contributed by atoms with van der Waals surface area (Å²) in [5, 5.41) is 8.27. The highest BCUT2D eigenvalue weighted by Gasteiger charge is 2.26. The fourth-order valence-electron chi connectivity index (χ4n) is 2.86. The highest BCUT2D eigenvalue weighted by molar-refractivity contribution is 5.74. The zero-order chi connectivity index (χ0) is 16.2. The van der Waals surface area contributed by atoms with Gasteiger partial charge in [-0.3, -0.25) is 4.79 Å². The summed E-state index contributed by atoms with van der Waals surface area (Å²) < 4.78 is 1.84. The van der Waals surface area contributed by atoms with Gasteiger partial charge in [-0.05, 0) is 25.0 Å². The van der Waals surface area contributed by atoms with Gasteiger partial charge in [-0.2, -0.15) is 0 Å². The normalized spacial score (nSPS) is 11.1. The SMILES string of the molecule is CC(C)n1nnc(C=O)c1C(c1ccccc1)c1ccccc1. The van der Waals surface area contributed by atoms with Gasteiger partial charge >= 0.3 is 0 Å². The third-order valence-electron chi connectivity index (χ3n) is 3.90. The minimum atomic E-state index is -0.0741. The lowest BCUT2D eigenvalue weighted by molar-refractivity contribution is 0.111. The zero-order valence-corrected chi connectivity index (χ0v) is 13.3. The predicted molar refractivity (Wildman–Crippen MR) is 89.6 cm³/mol. The Bertz CT molecular complexity index is 739. The summed E-state index contributed by atoms with van der Waals surface area (Å²) in [6, 6.07) is 20.4. The van der Waals surface area contributed by atoms with Crippen molar-refractivity contribution in [2.24, 2.45) is 0 Å². The standard InChI is InChI=1S/C19H19N3O/c1-14(2)22-19(17(13-23)20-21-22)18(15-9-5-3-6-10-15)16-11-7-4-8-12-16/h3-14,18H,1-2H3. The first-order chi connectivity index (χ1) is 11.2. The van der Waals surface area contributed by atoms with Crippen LogP contribution in [-0.4, -0.2) is 21.3 Å². The monoisotopic (exact) mass is 305 g/mol. The maximum Gasteiger partial charge on any atom is 0.172 e. The fourth-order valence-corrected chi connectivity index (χ4v) is 2.86. The predicted octanol–water partition coefficient (Wildman–Crippen LogP) is 3.85. The highest BCUT2D eigenvalue weighted by atomic mass is 16.1. The van der Waals surface area contributed by atoms with Crippen molar-refractivity contribution >= 4 is 6.29 Å². The molecule has 3 aromatic rings. The summed E-state index contributed by atoms with van der Waals surface area (Å²) in [6.07, 6.45) is 0.792. The molecule has 23 heavy (non-hydrogen) atoms. The minimum Gasteiger partial charge on any atom is -0.296 e. The van der Waals surface area contributed by atoms with Crippen molar-refractivity contribution in [3.8, 4) is 0 Å². The van der Waals surface area contributed by atoms with Crippen molar-refractivity contribution in [2.75, 3.05) is 0 Å². The first-order valence-electron chi connectivity index (χ1n) is 7.72. The van der Waals surface area contributed by atoms with Gasteiger partial charge in [-0.15, -0.1) is 5.10 Å². The van der Waals surface area contributed by atoms with Crippen molar-refractivity contribution in [2.45, 2.75) is 25.8 Å². The van der Waals surface area contributed by atoms with Crippen LogP contribution in [0.4, 0.5) is 0 Å². The van der Waals surface area contributed by atoms with Crippen LogP contribution in [0.25, 0.3) is 0 Å². The highest BCUT2D eigenvalue weighted by Crippen LogP contribution is 2.33. The van der Waals surface area contributed by atoms with E-state index in [1.165, 1.54) is 0 Å². The molecular formula is C19H19N3O. The van der Waals surface area contributed by atoms with E-state index in [2.05, 4.69) is 34.6 Å². The lowest BCUT2D eigenvalue weighted by Gasteiger charge is -2.21. The minimum absolute atomic E-state index is 0.0741. The molecule has 1 aromatic heterocycles. The second kappa shape index (κ2) is 6.57. The molecule has 0 saturated heterocycles. The number of hydrogen-bond acceptors (Lipinski definition) is 3. The lowest BCUT2D eigenvalue weighted by Crippen LogP contribution is -2.15. The van der Waals surface area contributed by atoms with E-state index in [9.17, 15) is 4.79 Å². The molecule has 0 bridgehead atoms. The topological polar surface area (TPSA) is 47.8 Å². The van der Waals surface area contributed by atoms with E-state index in [4.69, 9.17) is 0 Å². The number of nitrogens with zero attached hydrogens (tertiary/aromatic N) is 3. The van der Waals surface area contributed by atoms with E-state index in [0.717, 1.165) is 23.1 Å². The molecule has 0 radical (unpaired) electrons. The number of benzene rings is 2. The summed E-state index contributed by atoms with van der Waals surface area (Å²) in [5.41, 5.74) is 3.47. The molecule has 116 valence electrons.